The van der Waals surface area contributed by atoms with E-state index in [1.807, 2.05) is 0 Å². The van der Waals surface area contributed by atoms with Crippen LogP contribution in [0.1, 0.15) is 58.8 Å². The first-order valence-electron chi connectivity index (χ1n) is 8.60. The zero-order valence-corrected chi connectivity index (χ0v) is 13.2. The zero-order valence-electron chi connectivity index (χ0n) is 13.2. The minimum Gasteiger partial charge on any atom is -0.388 e. The molecule has 2 nitrogen and oxygen atoms in total. The Morgan fingerprint density at radius 1 is 1.24 bits per heavy atom. The van der Waals surface area contributed by atoms with E-state index in [-0.39, 0.29) is 22.9 Å². The Hall–Kier alpha value is -0.890. The molecule has 0 heterocycles. The van der Waals surface area contributed by atoms with Gasteiger partial charge < -0.3 is 5.11 Å². The van der Waals surface area contributed by atoms with Crippen LogP contribution in [0.2, 0.25) is 0 Å². The van der Waals surface area contributed by atoms with E-state index in [1.54, 1.807) is 0 Å². The fourth-order valence-electron chi connectivity index (χ4n) is 5.77. The second-order valence-corrected chi connectivity index (χ2v) is 8.10. The van der Waals surface area contributed by atoms with Gasteiger partial charge in [-0.05, 0) is 38.0 Å². The number of rotatable bonds is 0. The van der Waals surface area contributed by atoms with Crippen LogP contribution in [-0.4, -0.2) is 17.0 Å². The number of Topliss-reactive ketones (excluding diaryl/α,β-unsaturated/α-hetero) is 1. The maximum Gasteiger partial charge on any atom is 0.139 e. The molecule has 1 N–H and O–H groups in total. The SMILES string of the molecule is C[C@]12CCCCC1=C[C@H](O)[C@@H]1C2=CC[C@]2(C)C(=O)CC[C@@H]12. The lowest BCUT2D eigenvalue weighted by molar-refractivity contribution is -0.127. The van der Waals surface area contributed by atoms with Gasteiger partial charge in [-0.1, -0.05) is 43.6 Å². The standard InChI is InChI=1S/C19H26O2/c1-18-9-4-3-5-12(18)11-15(20)17-13-6-7-16(21)19(13,2)10-8-14(17)18/h8,11,13,15,17,20H,3-7,9-10H2,1-2H3/t13-,15-,17-,18-,19-/m0/s1. The number of fused-ring (bicyclic) bond motifs is 5. The van der Waals surface area contributed by atoms with Crippen LogP contribution in [0.3, 0.4) is 0 Å². The van der Waals surface area contributed by atoms with Crippen LogP contribution in [-0.2, 0) is 4.79 Å². The molecule has 2 heteroatoms. The molecule has 2 fully saturated rings. The molecule has 0 saturated heterocycles. The highest BCUT2D eigenvalue weighted by molar-refractivity contribution is 5.87. The fourth-order valence-corrected chi connectivity index (χ4v) is 5.77. The summed E-state index contributed by atoms with van der Waals surface area (Å²) in [5.74, 6) is 0.942. The maximum atomic E-state index is 12.3. The number of aliphatic hydroxyl groups is 1. The molecule has 0 bridgehead atoms. The summed E-state index contributed by atoms with van der Waals surface area (Å²) in [6.45, 7) is 4.51. The first-order chi connectivity index (χ1) is 9.97. The highest BCUT2D eigenvalue weighted by Crippen LogP contribution is 2.61. The third-order valence-corrected chi connectivity index (χ3v) is 7.14. The van der Waals surface area contributed by atoms with E-state index in [1.165, 1.54) is 30.4 Å². The monoisotopic (exact) mass is 286 g/mol. The van der Waals surface area contributed by atoms with Crippen molar-refractivity contribution in [3.05, 3.63) is 23.3 Å². The fraction of sp³-hybridized carbons (Fsp3) is 0.737. The van der Waals surface area contributed by atoms with Gasteiger partial charge >= 0.3 is 0 Å². The van der Waals surface area contributed by atoms with Gasteiger partial charge in [0, 0.05) is 23.2 Å². The van der Waals surface area contributed by atoms with Gasteiger partial charge in [-0.2, -0.15) is 0 Å². The Bertz CT molecular complexity index is 558. The number of carbonyl (C=O) groups excluding carboxylic acids is 1. The molecular weight excluding hydrogens is 260 g/mol. The lowest BCUT2D eigenvalue weighted by Crippen LogP contribution is -2.48. The molecule has 21 heavy (non-hydrogen) atoms. The van der Waals surface area contributed by atoms with Crippen LogP contribution in [0, 0.1) is 22.7 Å². The summed E-state index contributed by atoms with van der Waals surface area (Å²) in [7, 11) is 0. The second kappa shape index (κ2) is 4.32. The molecule has 2 saturated carbocycles. The molecule has 0 radical (unpaired) electrons. The van der Waals surface area contributed by atoms with Crippen molar-refractivity contribution in [2.45, 2.75) is 64.9 Å². The van der Waals surface area contributed by atoms with E-state index in [4.69, 9.17) is 0 Å². The number of aliphatic hydroxyl groups excluding tert-OH is 1. The first kappa shape index (κ1) is 13.8. The van der Waals surface area contributed by atoms with Gasteiger partial charge in [0.15, 0.2) is 0 Å². The highest BCUT2D eigenvalue weighted by atomic mass is 16.3. The number of allylic oxidation sites excluding steroid dienone is 2. The van der Waals surface area contributed by atoms with E-state index >= 15 is 0 Å². The number of hydrogen-bond acceptors (Lipinski definition) is 2. The van der Waals surface area contributed by atoms with E-state index in [0.717, 1.165) is 19.3 Å². The summed E-state index contributed by atoms with van der Waals surface area (Å²) in [6.07, 6.45) is 11.6. The van der Waals surface area contributed by atoms with E-state index in [0.29, 0.717) is 18.1 Å². The van der Waals surface area contributed by atoms with Crippen molar-refractivity contribution in [3.63, 3.8) is 0 Å². The average molecular weight is 286 g/mol. The molecule has 0 unspecified atom stereocenters. The van der Waals surface area contributed by atoms with Gasteiger partial charge in [0.2, 0.25) is 0 Å². The van der Waals surface area contributed by atoms with Crippen LogP contribution >= 0.6 is 0 Å². The molecule has 0 aliphatic heterocycles. The summed E-state index contributed by atoms with van der Waals surface area (Å²) < 4.78 is 0. The Balaban J connectivity index is 1.83. The molecule has 0 spiro atoms. The molecule has 4 aliphatic rings. The Morgan fingerprint density at radius 3 is 2.86 bits per heavy atom. The van der Waals surface area contributed by atoms with Crippen LogP contribution in [0.4, 0.5) is 0 Å². The largest absolute Gasteiger partial charge is 0.388 e. The van der Waals surface area contributed by atoms with E-state index < -0.39 is 0 Å². The molecule has 114 valence electrons. The second-order valence-electron chi connectivity index (χ2n) is 8.10. The summed E-state index contributed by atoms with van der Waals surface area (Å²) in [4.78, 5) is 12.3. The van der Waals surface area contributed by atoms with Crippen LogP contribution < -0.4 is 0 Å². The normalized spacial score (nSPS) is 48.9. The van der Waals surface area contributed by atoms with Crippen molar-refractivity contribution in [2.75, 3.05) is 0 Å². The van der Waals surface area contributed by atoms with Crippen LogP contribution in [0.25, 0.3) is 0 Å². The topological polar surface area (TPSA) is 37.3 Å². The van der Waals surface area contributed by atoms with Gasteiger partial charge in [-0.3, -0.25) is 4.79 Å². The van der Waals surface area contributed by atoms with Crippen molar-refractivity contribution in [2.24, 2.45) is 22.7 Å². The van der Waals surface area contributed by atoms with Crippen molar-refractivity contribution in [1.82, 2.24) is 0 Å². The molecule has 5 atom stereocenters. The molecular formula is C19H26O2. The number of carbonyl (C=O) groups is 1. The van der Waals surface area contributed by atoms with Gasteiger partial charge in [0.1, 0.15) is 5.78 Å². The predicted molar refractivity (Wildman–Crippen MR) is 82.7 cm³/mol. The molecule has 0 aromatic carbocycles. The van der Waals surface area contributed by atoms with E-state index in [9.17, 15) is 9.90 Å². The predicted octanol–water partition coefficient (Wildman–Crippen LogP) is 3.80. The Morgan fingerprint density at radius 2 is 2.05 bits per heavy atom. The molecule has 4 rings (SSSR count). The molecule has 0 aromatic heterocycles. The summed E-state index contributed by atoms with van der Waals surface area (Å²) in [5, 5.41) is 10.8. The molecule has 4 aliphatic carbocycles. The van der Waals surface area contributed by atoms with Crippen LogP contribution in [0.15, 0.2) is 23.3 Å². The summed E-state index contributed by atoms with van der Waals surface area (Å²) >= 11 is 0. The third kappa shape index (κ3) is 1.66. The number of hydrogen-bond donors (Lipinski definition) is 1. The van der Waals surface area contributed by atoms with E-state index in [2.05, 4.69) is 26.0 Å². The average Bonchev–Trinajstić information content (AvgIpc) is 2.76. The lowest BCUT2D eigenvalue weighted by Gasteiger charge is -2.53. The highest BCUT2D eigenvalue weighted by Gasteiger charge is 2.57. The van der Waals surface area contributed by atoms with Gasteiger partial charge in [0.05, 0.1) is 6.10 Å². The van der Waals surface area contributed by atoms with Crippen molar-refractivity contribution in [1.29, 1.82) is 0 Å². The zero-order chi connectivity index (χ0) is 14.8. The Labute approximate surface area is 127 Å². The van der Waals surface area contributed by atoms with Gasteiger partial charge in [-0.25, -0.2) is 0 Å². The van der Waals surface area contributed by atoms with Gasteiger partial charge in [-0.15, -0.1) is 0 Å². The lowest BCUT2D eigenvalue weighted by atomic mass is 9.52. The minimum atomic E-state index is -0.382. The summed E-state index contributed by atoms with van der Waals surface area (Å²) in [5.41, 5.74) is 2.86. The van der Waals surface area contributed by atoms with Crippen molar-refractivity contribution in [3.8, 4) is 0 Å². The third-order valence-electron chi connectivity index (χ3n) is 7.14. The van der Waals surface area contributed by atoms with Crippen molar-refractivity contribution >= 4 is 5.78 Å². The van der Waals surface area contributed by atoms with Crippen LogP contribution in [0.5, 0.6) is 0 Å². The molecule has 0 aromatic rings. The van der Waals surface area contributed by atoms with Crippen molar-refractivity contribution < 1.29 is 9.90 Å². The maximum absolute atomic E-state index is 12.3. The smallest absolute Gasteiger partial charge is 0.139 e. The van der Waals surface area contributed by atoms with Gasteiger partial charge in [0.25, 0.3) is 0 Å². The quantitative estimate of drug-likeness (QED) is 0.688. The Kier molecular flexibility index (Phi) is 2.83. The number of ketones is 1. The first-order valence-corrected chi connectivity index (χ1v) is 8.60. The minimum absolute atomic E-state index is 0.162. The summed E-state index contributed by atoms with van der Waals surface area (Å²) in [6, 6.07) is 0. The molecule has 0 amide bonds.